The number of sulfonamides is 1. The zero-order valence-corrected chi connectivity index (χ0v) is 23.1. The first-order valence-corrected chi connectivity index (χ1v) is 15.1. The Hall–Kier alpha value is -3.99. The van der Waals surface area contributed by atoms with Crippen LogP contribution in [0.4, 0.5) is 11.4 Å². The number of nitrogens with one attached hydrogen (secondary N) is 2. The third-order valence-electron chi connectivity index (χ3n) is 7.68. The Morgan fingerprint density at radius 2 is 1.82 bits per heavy atom. The van der Waals surface area contributed by atoms with Crippen LogP contribution in [-0.4, -0.2) is 51.7 Å². The molecule has 6 rings (SSSR count). The SMILES string of the molecule is CCCNC(=O)c1ccc(N2CC3CC(C2)c2cccc(=O)n2C3)c(NS(=O)(=O)c2ccc3c(c2)OCCO3)c1. The van der Waals surface area contributed by atoms with Gasteiger partial charge in [-0.05, 0) is 55.2 Å². The summed E-state index contributed by atoms with van der Waals surface area (Å²) >= 11 is 0. The van der Waals surface area contributed by atoms with E-state index in [1.54, 1.807) is 30.3 Å². The van der Waals surface area contributed by atoms with Crippen LogP contribution in [0, 0.1) is 5.92 Å². The number of carbonyl (C=O) groups is 1. The van der Waals surface area contributed by atoms with E-state index in [0.29, 0.717) is 67.8 Å². The third kappa shape index (κ3) is 5.01. The number of piperidine rings is 1. The molecule has 1 fully saturated rings. The second-order valence-corrected chi connectivity index (χ2v) is 12.2. The molecule has 11 heteroatoms. The predicted molar refractivity (Wildman–Crippen MR) is 151 cm³/mol. The molecule has 4 heterocycles. The lowest BCUT2D eigenvalue weighted by Crippen LogP contribution is -2.47. The first-order chi connectivity index (χ1) is 19.3. The quantitative estimate of drug-likeness (QED) is 0.453. The number of hydrogen-bond acceptors (Lipinski definition) is 7. The van der Waals surface area contributed by atoms with Crippen molar-refractivity contribution in [1.82, 2.24) is 9.88 Å². The molecular formula is C29H32N4O6S. The number of rotatable bonds is 7. The average Bonchev–Trinajstić information content (AvgIpc) is 2.96. The topological polar surface area (TPSA) is 119 Å². The van der Waals surface area contributed by atoms with Crippen LogP contribution in [0.1, 0.15) is 41.7 Å². The summed E-state index contributed by atoms with van der Waals surface area (Å²) in [4.78, 5) is 27.5. The van der Waals surface area contributed by atoms with Gasteiger partial charge in [0, 0.05) is 55.5 Å². The second-order valence-electron chi connectivity index (χ2n) is 10.5. The van der Waals surface area contributed by atoms with Crippen LogP contribution in [0.3, 0.4) is 0 Å². The molecule has 2 aromatic carbocycles. The largest absolute Gasteiger partial charge is 0.486 e. The van der Waals surface area contributed by atoms with E-state index in [1.807, 2.05) is 23.6 Å². The minimum Gasteiger partial charge on any atom is -0.486 e. The van der Waals surface area contributed by atoms with E-state index in [0.717, 1.165) is 18.5 Å². The number of hydrogen-bond donors (Lipinski definition) is 2. The zero-order chi connectivity index (χ0) is 27.9. The highest BCUT2D eigenvalue weighted by atomic mass is 32.2. The molecular weight excluding hydrogens is 532 g/mol. The number of nitrogens with zero attached hydrogens (tertiary/aromatic N) is 2. The van der Waals surface area contributed by atoms with Gasteiger partial charge in [-0.25, -0.2) is 8.42 Å². The van der Waals surface area contributed by atoms with Crippen molar-refractivity contribution in [2.75, 3.05) is 42.5 Å². The van der Waals surface area contributed by atoms with Crippen LogP contribution in [0.5, 0.6) is 11.5 Å². The molecule has 40 heavy (non-hydrogen) atoms. The van der Waals surface area contributed by atoms with E-state index in [4.69, 9.17) is 9.47 Å². The van der Waals surface area contributed by atoms with Crippen molar-refractivity contribution < 1.29 is 22.7 Å². The maximum Gasteiger partial charge on any atom is 0.262 e. The van der Waals surface area contributed by atoms with Gasteiger partial charge in [0.2, 0.25) is 0 Å². The van der Waals surface area contributed by atoms with Gasteiger partial charge in [-0.1, -0.05) is 13.0 Å². The van der Waals surface area contributed by atoms with E-state index >= 15 is 0 Å². The summed E-state index contributed by atoms with van der Waals surface area (Å²) in [5.74, 6) is 0.980. The summed E-state index contributed by atoms with van der Waals surface area (Å²) in [5, 5.41) is 2.86. The fourth-order valence-corrected chi connectivity index (χ4v) is 6.94. The summed E-state index contributed by atoms with van der Waals surface area (Å²) in [5.41, 5.74) is 2.39. The van der Waals surface area contributed by atoms with Crippen molar-refractivity contribution in [3.63, 3.8) is 0 Å². The maximum atomic E-state index is 13.6. The summed E-state index contributed by atoms with van der Waals surface area (Å²) in [6.07, 6.45) is 1.75. The van der Waals surface area contributed by atoms with E-state index in [-0.39, 0.29) is 28.2 Å². The fourth-order valence-electron chi connectivity index (χ4n) is 5.86. The molecule has 0 aliphatic carbocycles. The maximum absolute atomic E-state index is 13.6. The predicted octanol–water partition coefficient (Wildman–Crippen LogP) is 3.18. The summed E-state index contributed by atoms with van der Waals surface area (Å²) < 4.78 is 43.0. The minimum atomic E-state index is -4.03. The van der Waals surface area contributed by atoms with Gasteiger partial charge in [-0.2, -0.15) is 0 Å². The zero-order valence-electron chi connectivity index (χ0n) is 22.3. The van der Waals surface area contributed by atoms with Crippen molar-refractivity contribution in [3.05, 3.63) is 76.2 Å². The number of pyridine rings is 1. The van der Waals surface area contributed by atoms with Crippen LogP contribution in [0.2, 0.25) is 0 Å². The van der Waals surface area contributed by atoms with Gasteiger partial charge in [-0.3, -0.25) is 14.3 Å². The van der Waals surface area contributed by atoms with Crippen LogP contribution in [0.15, 0.2) is 64.3 Å². The van der Waals surface area contributed by atoms with E-state index < -0.39 is 10.0 Å². The van der Waals surface area contributed by atoms with Crippen molar-refractivity contribution >= 4 is 27.3 Å². The molecule has 1 amide bonds. The molecule has 1 aromatic heterocycles. The molecule has 0 saturated carbocycles. The van der Waals surface area contributed by atoms with Crippen LogP contribution < -0.4 is 30.0 Å². The highest BCUT2D eigenvalue weighted by Gasteiger charge is 2.35. The third-order valence-corrected chi connectivity index (χ3v) is 9.05. The Labute approximate surface area is 233 Å². The first-order valence-electron chi connectivity index (χ1n) is 13.6. The van der Waals surface area contributed by atoms with Gasteiger partial charge >= 0.3 is 0 Å². The normalized spacial score (nSPS) is 19.5. The number of ether oxygens (including phenoxy) is 2. The highest BCUT2D eigenvalue weighted by molar-refractivity contribution is 7.92. The molecule has 2 unspecified atom stereocenters. The van der Waals surface area contributed by atoms with Crippen molar-refractivity contribution in [1.29, 1.82) is 0 Å². The van der Waals surface area contributed by atoms with Crippen molar-refractivity contribution in [3.8, 4) is 11.5 Å². The Bertz CT molecular complexity index is 1620. The lowest BCUT2D eigenvalue weighted by Gasteiger charge is -2.44. The summed E-state index contributed by atoms with van der Waals surface area (Å²) in [7, 11) is -4.03. The lowest BCUT2D eigenvalue weighted by atomic mass is 9.83. The number of fused-ring (bicyclic) bond motifs is 5. The molecule has 0 radical (unpaired) electrons. The molecule has 2 atom stereocenters. The lowest BCUT2D eigenvalue weighted by molar-refractivity contribution is 0.0953. The van der Waals surface area contributed by atoms with E-state index in [9.17, 15) is 18.0 Å². The number of anilines is 2. The van der Waals surface area contributed by atoms with Crippen molar-refractivity contribution in [2.45, 2.75) is 37.1 Å². The molecule has 2 N–H and O–H groups in total. The molecule has 3 aromatic rings. The van der Waals surface area contributed by atoms with Gasteiger partial charge in [0.25, 0.3) is 21.5 Å². The second kappa shape index (κ2) is 10.5. The summed E-state index contributed by atoms with van der Waals surface area (Å²) in [6, 6.07) is 15.0. The van der Waals surface area contributed by atoms with Crippen LogP contribution >= 0.6 is 0 Å². The highest BCUT2D eigenvalue weighted by Crippen LogP contribution is 2.40. The van der Waals surface area contributed by atoms with Gasteiger partial charge < -0.3 is 24.3 Å². The standard InChI is InChI=1S/C29H32N4O6S/c1-2-10-30-29(35)20-6-8-25(32-16-19-13-21(18-32)24-4-3-5-28(34)33(24)17-19)23(14-20)31-40(36,37)22-7-9-26-27(15-22)39-12-11-38-26/h3-9,14-15,19,21,31H,2,10-13,16-18H2,1H3,(H,30,35). The minimum absolute atomic E-state index is 0.0102. The smallest absolute Gasteiger partial charge is 0.262 e. The molecule has 2 bridgehead atoms. The van der Waals surface area contributed by atoms with E-state index in [2.05, 4.69) is 14.9 Å². The summed E-state index contributed by atoms with van der Waals surface area (Å²) in [6.45, 7) is 5.15. The van der Waals surface area contributed by atoms with Gasteiger partial charge in [0.1, 0.15) is 13.2 Å². The molecule has 3 aliphatic rings. The van der Waals surface area contributed by atoms with Gasteiger partial charge in [0.15, 0.2) is 11.5 Å². The van der Waals surface area contributed by atoms with E-state index in [1.165, 1.54) is 12.1 Å². The van der Waals surface area contributed by atoms with Gasteiger partial charge in [-0.15, -0.1) is 0 Å². The van der Waals surface area contributed by atoms with Crippen LogP contribution in [0.25, 0.3) is 0 Å². The Balaban J connectivity index is 1.35. The molecule has 0 spiro atoms. The van der Waals surface area contributed by atoms with Crippen LogP contribution in [-0.2, 0) is 16.6 Å². The number of amides is 1. The number of aromatic nitrogens is 1. The number of carbonyl (C=O) groups excluding carboxylic acids is 1. The molecule has 10 nitrogen and oxygen atoms in total. The monoisotopic (exact) mass is 564 g/mol. The molecule has 1 saturated heterocycles. The average molecular weight is 565 g/mol. The number of benzene rings is 2. The fraction of sp³-hybridized carbons (Fsp3) is 0.379. The Kier molecular flexibility index (Phi) is 6.91. The molecule has 3 aliphatic heterocycles. The molecule has 210 valence electrons. The van der Waals surface area contributed by atoms with Gasteiger partial charge in [0.05, 0.1) is 16.3 Å². The van der Waals surface area contributed by atoms with Crippen molar-refractivity contribution in [2.24, 2.45) is 5.92 Å². The Morgan fingerprint density at radius 1 is 1.00 bits per heavy atom. The Morgan fingerprint density at radius 3 is 2.65 bits per heavy atom. The first kappa shape index (κ1) is 26.2.